The molecule has 2 amide bonds. The van der Waals surface area contributed by atoms with E-state index in [0.717, 1.165) is 5.56 Å². The molecule has 0 aromatic heterocycles. The van der Waals surface area contributed by atoms with Crippen LogP contribution in [0.5, 0.6) is 0 Å². The lowest BCUT2D eigenvalue weighted by Crippen LogP contribution is -2.18. The maximum Gasteiger partial charge on any atom is 0.271 e. The molecule has 140 valence electrons. The molecule has 3 aromatic rings. The van der Waals surface area contributed by atoms with Gasteiger partial charge in [-0.05, 0) is 64.0 Å². The Morgan fingerprint density at radius 1 is 0.929 bits per heavy atom. The Hall–Kier alpha value is -2.96. The summed E-state index contributed by atoms with van der Waals surface area (Å²) in [4.78, 5) is 24.7. The van der Waals surface area contributed by atoms with Crippen LogP contribution in [0.2, 0.25) is 5.02 Å². The van der Waals surface area contributed by atoms with Gasteiger partial charge in [0.1, 0.15) is 0 Å². The van der Waals surface area contributed by atoms with E-state index in [2.05, 4.69) is 31.8 Å². The molecule has 7 heteroatoms. The number of hydrogen-bond donors (Lipinski definition) is 2. The van der Waals surface area contributed by atoms with Crippen LogP contribution in [0.25, 0.3) is 0 Å². The molecule has 0 aliphatic rings. The molecule has 2 N–H and O–H groups in total. The minimum atomic E-state index is -0.393. The van der Waals surface area contributed by atoms with Crippen LogP contribution in [0.1, 0.15) is 26.3 Å². The van der Waals surface area contributed by atoms with Crippen LogP contribution in [-0.2, 0) is 0 Å². The van der Waals surface area contributed by atoms with Gasteiger partial charge < -0.3 is 5.32 Å². The van der Waals surface area contributed by atoms with E-state index in [1.807, 2.05) is 12.1 Å². The molecule has 0 unspecified atom stereocenters. The Labute approximate surface area is 175 Å². The Morgan fingerprint density at radius 3 is 2.50 bits per heavy atom. The molecule has 0 aliphatic carbocycles. The highest BCUT2D eigenvalue weighted by atomic mass is 79.9. The summed E-state index contributed by atoms with van der Waals surface area (Å²) >= 11 is 9.26. The minimum Gasteiger partial charge on any atom is -0.322 e. The maximum absolute atomic E-state index is 12.4. The number of nitrogens with zero attached hydrogens (tertiary/aromatic N) is 1. The van der Waals surface area contributed by atoms with Gasteiger partial charge in [0.05, 0.1) is 11.8 Å². The average Bonchev–Trinajstić information content (AvgIpc) is 2.68. The molecule has 0 heterocycles. The Kier molecular flexibility index (Phi) is 6.57. The van der Waals surface area contributed by atoms with Crippen molar-refractivity contribution >= 4 is 51.2 Å². The van der Waals surface area contributed by atoms with Crippen molar-refractivity contribution in [3.05, 3.63) is 99.0 Å². The first-order valence-electron chi connectivity index (χ1n) is 8.28. The summed E-state index contributed by atoms with van der Waals surface area (Å²) in [6.07, 6.45) is 1.50. The van der Waals surface area contributed by atoms with Crippen molar-refractivity contribution in [2.45, 2.75) is 0 Å². The summed E-state index contributed by atoms with van der Waals surface area (Å²) in [5.74, 6) is -0.667. The van der Waals surface area contributed by atoms with Gasteiger partial charge in [0, 0.05) is 20.7 Å². The molecular weight excluding hydrogens is 442 g/mol. The van der Waals surface area contributed by atoms with Gasteiger partial charge in [0.25, 0.3) is 11.8 Å². The van der Waals surface area contributed by atoms with Crippen molar-refractivity contribution in [1.29, 1.82) is 0 Å². The number of rotatable bonds is 5. The van der Waals surface area contributed by atoms with Crippen LogP contribution < -0.4 is 10.7 Å². The summed E-state index contributed by atoms with van der Waals surface area (Å²) in [6, 6.07) is 20.8. The second-order valence-electron chi connectivity index (χ2n) is 5.77. The molecule has 28 heavy (non-hydrogen) atoms. The zero-order valence-corrected chi connectivity index (χ0v) is 16.9. The Balaban J connectivity index is 1.66. The van der Waals surface area contributed by atoms with Gasteiger partial charge in [0.15, 0.2) is 0 Å². The average molecular weight is 457 g/mol. The third-order valence-corrected chi connectivity index (χ3v) is 4.66. The number of halogens is 2. The first-order chi connectivity index (χ1) is 13.5. The fourth-order valence-corrected chi connectivity index (χ4v) is 3.06. The van der Waals surface area contributed by atoms with E-state index in [0.29, 0.717) is 26.3 Å². The number of anilines is 1. The lowest BCUT2D eigenvalue weighted by molar-refractivity contribution is 0.0953. The largest absolute Gasteiger partial charge is 0.322 e. The van der Waals surface area contributed by atoms with Crippen molar-refractivity contribution in [2.24, 2.45) is 5.10 Å². The fraction of sp³-hybridized carbons (Fsp3) is 0. The predicted octanol–water partition coefficient (Wildman–Crippen LogP) is 5.12. The van der Waals surface area contributed by atoms with E-state index in [1.165, 1.54) is 6.21 Å². The van der Waals surface area contributed by atoms with Crippen molar-refractivity contribution in [1.82, 2.24) is 5.43 Å². The van der Waals surface area contributed by atoms with Gasteiger partial charge >= 0.3 is 0 Å². The third-order valence-electron chi connectivity index (χ3n) is 3.73. The number of hydrogen-bond acceptors (Lipinski definition) is 3. The number of benzene rings is 3. The number of hydrazone groups is 1. The third kappa shape index (κ3) is 5.28. The van der Waals surface area contributed by atoms with Crippen LogP contribution >= 0.6 is 27.5 Å². The minimum absolute atomic E-state index is 0.274. The van der Waals surface area contributed by atoms with Gasteiger partial charge in [-0.1, -0.05) is 41.9 Å². The first-order valence-corrected chi connectivity index (χ1v) is 9.45. The smallest absolute Gasteiger partial charge is 0.271 e. The summed E-state index contributed by atoms with van der Waals surface area (Å²) in [7, 11) is 0. The molecule has 5 nitrogen and oxygen atoms in total. The number of carbonyl (C=O) groups excluding carboxylic acids is 2. The van der Waals surface area contributed by atoms with E-state index < -0.39 is 5.91 Å². The highest BCUT2D eigenvalue weighted by Crippen LogP contribution is 2.18. The molecule has 0 atom stereocenters. The summed E-state index contributed by atoms with van der Waals surface area (Å²) in [5.41, 5.74) is 4.60. The zero-order valence-electron chi connectivity index (χ0n) is 14.5. The Morgan fingerprint density at radius 2 is 1.71 bits per heavy atom. The predicted molar refractivity (Wildman–Crippen MR) is 115 cm³/mol. The second kappa shape index (κ2) is 9.30. The molecule has 3 aromatic carbocycles. The molecule has 0 fully saturated rings. The molecule has 0 radical (unpaired) electrons. The molecular formula is C21H15BrClN3O2. The van der Waals surface area contributed by atoms with E-state index in [1.54, 1.807) is 60.7 Å². The fourth-order valence-electron chi connectivity index (χ4n) is 2.40. The van der Waals surface area contributed by atoms with Gasteiger partial charge in [-0.3, -0.25) is 9.59 Å². The van der Waals surface area contributed by atoms with Crippen LogP contribution in [0.15, 0.2) is 82.4 Å². The summed E-state index contributed by atoms with van der Waals surface area (Å²) in [6.45, 7) is 0. The SMILES string of the molecule is O=C(NN=Cc1cccc(Cl)c1)c1cccc(NC(=O)c2ccccc2Br)c1. The molecule has 0 aliphatic heterocycles. The van der Waals surface area contributed by atoms with E-state index in [9.17, 15) is 9.59 Å². The van der Waals surface area contributed by atoms with Crippen LogP contribution in [0.4, 0.5) is 5.69 Å². The molecule has 0 saturated carbocycles. The van der Waals surface area contributed by atoms with Crippen LogP contribution in [0.3, 0.4) is 0 Å². The number of carbonyl (C=O) groups is 2. The number of amides is 2. The molecule has 3 rings (SSSR count). The standard InChI is InChI=1S/C21H15BrClN3O2/c22-19-10-2-1-9-18(19)21(28)25-17-8-4-6-15(12-17)20(27)26-24-13-14-5-3-7-16(23)11-14/h1-13H,(H,25,28)(H,26,27). The lowest BCUT2D eigenvalue weighted by Gasteiger charge is -2.08. The van der Waals surface area contributed by atoms with E-state index in [-0.39, 0.29) is 5.91 Å². The summed E-state index contributed by atoms with van der Waals surface area (Å²) in [5, 5.41) is 7.30. The highest BCUT2D eigenvalue weighted by molar-refractivity contribution is 9.10. The zero-order chi connectivity index (χ0) is 19.9. The molecule has 0 bridgehead atoms. The van der Waals surface area contributed by atoms with E-state index in [4.69, 9.17) is 11.6 Å². The molecule has 0 saturated heterocycles. The first kappa shape index (κ1) is 19.8. The van der Waals surface area contributed by atoms with E-state index >= 15 is 0 Å². The van der Waals surface area contributed by atoms with Gasteiger partial charge in [-0.15, -0.1) is 0 Å². The summed E-state index contributed by atoms with van der Waals surface area (Å²) < 4.78 is 0.691. The van der Waals surface area contributed by atoms with Crippen molar-refractivity contribution in [3.63, 3.8) is 0 Å². The topological polar surface area (TPSA) is 70.6 Å². The van der Waals surface area contributed by atoms with Crippen molar-refractivity contribution in [2.75, 3.05) is 5.32 Å². The van der Waals surface area contributed by atoms with Gasteiger partial charge in [0.2, 0.25) is 0 Å². The second-order valence-corrected chi connectivity index (χ2v) is 7.06. The quantitative estimate of drug-likeness (QED) is 0.413. The van der Waals surface area contributed by atoms with Gasteiger partial charge in [-0.2, -0.15) is 5.10 Å². The Bertz CT molecular complexity index is 1050. The van der Waals surface area contributed by atoms with Crippen molar-refractivity contribution in [3.8, 4) is 0 Å². The van der Waals surface area contributed by atoms with Crippen LogP contribution in [0, 0.1) is 0 Å². The monoisotopic (exact) mass is 455 g/mol. The van der Waals surface area contributed by atoms with Crippen LogP contribution in [-0.4, -0.2) is 18.0 Å². The molecule has 0 spiro atoms. The lowest BCUT2D eigenvalue weighted by atomic mass is 10.1. The highest BCUT2D eigenvalue weighted by Gasteiger charge is 2.11. The maximum atomic E-state index is 12.4. The normalized spacial score (nSPS) is 10.6. The number of nitrogens with one attached hydrogen (secondary N) is 2. The van der Waals surface area contributed by atoms with Gasteiger partial charge in [-0.25, -0.2) is 5.43 Å². The van der Waals surface area contributed by atoms with Crippen molar-refractivity contribution < 1.29 is 9.59 Å².